The van der Waals surface area contributed by atoms with Crippen LogP contribution < -0.4 is 16.2 Å². The number of hydroxylamine groups is 1. The van der Waals surface area contributed by atoms with Crippen molar-refractivity contribution in [3.63, 3.8) is 0 Å². The van der Waals surface area contributed by atoms with Crippen molar-refractivity contribution in [2.75, 3.05) is 0 Å². The van der Waals surface area contributed by atoms with E-state index in [0.717, 1.165) is 18.9 Å². The number of nitrogens with one attached hydrogen (secondary N) is 3. The predicted octanol–water partition coefficient (Wildman–Crippen LogP) is 2.76. The van der Waals surface area contributed by atoms with Crippen LogP contribution in [0.2, 0.25) is 0 Å². The van der Waals surface area contributed by atoms with Crippen molar-refractivity contribution in [2.24, 2.45) is 5.10 Å². The third-order valence-corrected chi connectivity index (χ3v) is 4.41. The van der Waals surface area contributed by atoms with E-state index >= 15 is 0 Å². The minimum absolute atomic E-state index is 0.347. The van der Waals surface area contributed by atoms with E-state index < -0.39 is 29.0 Å². The third-order valence-electron chi connectivity index (χ3n) is 4.41. The molecule has 3 amide bonds. The van der Waals surface area contributed by atoms with Gasteiger partial charge in [-0.05, 0) is 57.4 Å². The van der Waals surface area contributed by atoms with Crippen molar-refractivity contribution in [2.45, 2.75) is 57.6 Å². The summed E-state index contributed by atoms with van der Waals surface area (Å²) in [6.45, 7) is 5.38. The number of amides is 3. The lowest BCUT2D eigenvalue weighted by molar-refractivity contribution is -0.124. The molecule has 0 unspecified atom stereocenters. The fraction of sp³-hybridized carbons (Fsp3) is 0.429. The number of hydrogen-bond acceptors (Lipinski definition) is 6. The molecular weight excluding hydrogens is 388 g/mol. The molecule has 1 aliphatic carbocycles. The lowest BCUT2D eigenvalue weighted by Gasteiger charge is -2.28. The number of carbonyl (C=O) groups excluding carboxylic acids is 3. The van der Waals surface area contributed by atoms with Crippen molar-refractivity contribution in [1.82, 2.24) is 16.2 Å². The maximum Gasteiger partial charge on any atom is 0.408 e. The Morgan fingerprint density at radius 1 is 1.20 bits per heavy atom. The molecule has 162 valence electrons. The fourth-order valence-electron chi connectivity index (χ4n) is 3.07. The molecule has 9 heteroatoms. The van der Waals surface area contributed by atoms with Crippen LogP contribution >= 0.6 is 0 Å². The highest BCUT2D eigenvalue weighted by molar-refractivity contribution is 5.96. The Balaban J connectivity index is 2.02. The van der Waals surface area contributed by atoms with Crippen molar-refractivity contribution in [3.8, 4) is 0 Å². The quantitative estimate of drug-likeness (QED) is 0.245. The van der Waals surface area contributed by atoms with Crippen LogP contribution in [0.1, 0.15) is 62.4 Å². The zero-order valence-electron chi connectivity index (χ0n) is 17.4. The molecular formula is C21H28N4O5. The van der Waals surface area contributed by atoms with E-state index in [9.17, 15) is 14.4 Å². The van der Waals surface area contributed by atoms with Crippen LogP contribution in [0, 0.1) is 0 Å². The molecule has 1 aromatic carbocycles. The zero-order valence-corrected chi connectivity index (χ0v) is 17.4. The topological polar surface area (TPSA) is 129 Å². The lowest BCUT2D eigenvalue weighted by atomic mass is 10.00. The molecule has 0 bridgehead atoms. The van der Waals surface area contributed by atoms with Crippen molar-refractivity contribution in [3.05, 3.63) is 41.5 Å². The van der Waals surface area contributed by atoms with Crippen LogP contribution in [0.3, 0.4) is 0 Å². The Morgan fingerprint density at radius 3 is 2.53 bits per heavy atom. The Labute approximate surface area is 175 Å². The van der Waals surface area contributed by atoms with Gasteiger partial charge in [-0.1, -0.05) is 25.0 Å². The summed E-state index contributed by atoms with van der Waals surface area (Å²) in [5.74, 6) is -1.10. The van der Waals surface area contributed by atoms with E-state index in [1.165, 1.54) is 11.6 Å². The van der Waals surface area contributed by atoms with Crippen molar-refractivity contribution in [1.29, 1.82) is 0 Å². The van der Waals surface area contributed by atoms with E-state index in [4.69, 9.17) is 9.94 Å². The Hall–Kier alpha value is -3.20. The predicted molar refractivity (Wildman–Crippen MR) is 112 cm³/mol. The number of hydrazone groups is 1. The minimum atomic E-state index is -0.672. The van der Waals surface area contributed by atoms with Crippen LogP contribution in [0.4, 0.5) is 4.79 Å². The van der Waals surface area contributed by atoms with Gasteiger partial charge < -0.3 is 10.1 Å². The van der Waals surface area contributed by atoms with Gasteiger partial charge in [-0.3, -0.25) is 14.8 Å². The fourth-order valence-corrected chi connectivity index (χ4v) is 3.07. The first-order valence-corrected chi connectivity index (χ1v) is 9.70. The van der Waals surface area contributed by atoms with Gasteiger partial charge in [-0.15, -0.1) is 0 Å². The highest BCUT2D eigenvalue weighted by atomic mass is 16.6. The average molecular weight is 416 g/mol. The zero-order chi connectivity index (χ0) is 22.2. The third kappa shape index (κ3) is 7.32. The Morgan fingerprint density at radius 2 is 1.90 bits per heavy atom. The summed E-state index contributed by atoms with van der Waals surface area (Å²) in [6.07, 6.45) is 6.92. The van der Waals surface area contributed by atoms with Gasteiger partial charge in [0.25, 0.3) is 11.8 Å². The Bertz CT molecular complexity index is 836. The summed E-state index contributed by atoms with van der Waals surface area (Å²) < 4.78 is 5.33. The summed E-state index contributed by atoms with van der Waals surface area (Å²) in [5, 5.41) is 15.4. The number of rotatable bonds is 6. The monoisotopic (exact) mass is 416 g/mol. The average Bonchev–Trinajstić information content (AvgIpc) is 3.12. The van der Waals surface area contributed by atoms with Gasteiger partial charge in [0.2, 0.25) is 0 Å². The van der Waals surface area contributed by atoms with E-state index in [0.29, 0.717) is 24.0 Å². The van der Waals surface area contributed by atoms with Crippen LogP contribution in [0.15, 0.2) is 35.4 Å². The molecule has 1 fully saturated rings. The van der Waals surface area contributed by atoms with Gasteiger partial charge in [-0.25, -0.2) is 15.7 Å². The van der Waals surface area contributed by atoms with Gasteiger partial charge in [0, 0.05) is 11.6 Å². The largest absolute Gasteiger partial charge is 0.444 e. The van der Waals surface area contributed by atoms with Crippen molar-refractivity contribution < 1.29 is 24.3 Å². The number of ether oxygens (including phenoxy) is 1. The molecule has 2 rings (SSSR count). The molecule has 1 aromatic rings. The minimum Gasteiger partial charge on any atom is -0.444 e. The molecule has 0 radical (unpaired) electrons. The maximum absolute atomic E-state index is 12.4. The second kappa shape index (κ2) is 10.0. The molecule has 0 aromatic heterocycles. The van der Waals surface area contributed by atoms with Crippen LogP contribution in [0.5, 0.6) is 0 Å². The van der Waals surface area contributed by atoms with Crippen LogP contribution in [-0.4, -0.2) is 40.5 Å². The molecule has 0 heterocycles. The molecule has 30 heavy (non-hydrogen) atoms. The summed E-state index contributed by atoms with van der Waals surface area (Å²) in [6, 6.07) is 6.56. The first-order chi connectivity index (χ1) is 14.1. The highest BCUT2D eigenvalue weighted by Crippen LogP contribution is 2.28. The number of alkyl carbamates (subject to hydrolysis) is 1. The van der Waals surface area contributed by atoms with E-state index in [1.807, 2.05) is 0 Å². The molecule has 9 nitrogen and oxygen atoms in total. The molecule has 0 saturated heterocycles. The van der Waals surface area contributed by atoms with Crippen LogP contribution in [0.25, 0.3) is 6.08 Å². The van der Waals surface area contributed by atoms with Crippen molar-refractivity contribution >= 4 is 30.2 Å². The Kier molecular flexibility index (Phi) is 7.71. The number of nitrogens with zero attached hydrogens (tertiary/aromatic N) is 1. The van der Waals surface area contributed by atoms with Gasteiger partial charge in [0.15, 0.2) is 0 Å². The maximum atomic E-state index is 12.4. The highest BCUT2D eigenvalue weighted by Gasteiger charge is 2.35. The van der Waals surface area contributed by atoms with Gasteiger partial charge in [0.1, 0.15) is 5.60 Å². The number of carbonyl (C=O) groups is 3. The number of benzene rings is 1. The van der Waals surface area contributed by atoms with Crippen LogP contribution in [-0.2, 0) is 9.53 Å². The lowest BCUT2D eigenvalue weighted by Crippen LogP contribution is -2.49. The molecule has 0 aliphatic heterocycles. The first-order valence-electron chi connectivity index (χ1n) is 9.70. The summed E-state index contributed by atoms with van der Waals surface area (Å²) in [5.41, 5.74) is 3.66. The second-order valence-electron chi connectivity index (χ2n) is 8.12. The van der Waals surface area contributed by atoms with Gasteiger partial charge in [0.05, 0.1) is 11.8 Å². The summed E-state index contributed by atoms with van der Waals surface area (Å²) in [7, 11) is 0. The van der Waals surface area contributed by atoms with Gasteiger partial charge >= 0.3 is 6.09 Å². The molecule has 0 spiro atoms. The molecule has 0 atom stereocenters. The molecule has 4 N–H and O–H groups in total. The normalized spacial score (nSPS) is 15.9. The molecule has 1 saturated carbocycles. The first kappa shape index (κ1) is 23.1. The smallest absolute Gasteiger partial charge is 0.408 e. The van der Waals surface area contributed by atoms with E-state index in [2.05, 4.69) is 15.8 Å². The summed E-state index contributed by atoms with van der Waals surface area (Å²) in [4.78, 5) is 35.6. The second-order valence-corrected chi connectivity index (χ2v) is 8.12. The standard InChI is InChI=1S/C21H28N4O5/c1-20(2,3)30-19(28)23-21(11-4-5-12-21)14-22-24-18(27)16-8-6-7-15(13-16)9-10-17(26)25-29/h6-10,13-14,29H,4-5,11-12H2,1-3H3,(H,23,28)(H,24,27)(H,25,26). The van der Waals surface area contributed by atoms with Gasteiger partial charge in [-0.2, -0.15) is 5.10 Å². The SMILES string of the molecule is CC(C)(C)OC(=O)NC1(C=NNC(=O)c2cccc(C=CC(=O)NO)c2)CCCC1. The number of hydrogen-bond donors (Lipinski definition) is 4. The van der Waals surface area contributed by atoms with E-state index in [-0.39, 0.29) is 0 Å². The molecule has 1 aliphatic rings. The summed E-state index contributed by atoms with van der Waals surface area (Å²) >= 11 is 0. The van der Waals surface area contributed by atoms with E-state index in [1.54, 1.807) is 51.3 Å².